The van der Waals surface area contributed by atoms with E-state index in [4.69, 9.17) is 32.7 Å². The van der Waals surface area contributed by atoms with Gasteiger partial charge < -0.3 is 20.1 Å². The summed E-state index contributed by atoms with van der Waals surface area (Å²) in [7, 11) is 2.90. The molecule has 0 aliphatic carbocycles. The highest BCUT2D eigenvalue weighted by Gasteiger charge is 2.17. The largest absolute Gasteiger partial charge is 0.494 e. The number of ether oxygens (including phenoxy) is 2. The average molecular weight is 446 g/mol. The lowest BCUT2D eigenvalue weighted by atomic mass is 10.2. The van der Waals surface area contributed by atoms with E-state index in [1.165, 1.54) is 26.5 Å². The van der Waals surface area contributed by atoms with E-state index in [1.807, 2.05) is 6.07 Å². The third-order valence-corrected chi connectivity index (χ3v) is 4.80. The minimum atomic E-state index is -0.470. The van der Waals surface area contributed by atoms with Crippen LogP contribution in [0.3, 0.4) is 0 Å². The Balaban J connectivity index is 1.88. The van der Waals surface area contributed by atoms with E-state index in [9.17, 15) is 9.59 Å². The molecule has 0 atom stereocenters. The average Bonchev–Trinajstić information content (AvgIpc) is 2.76. The standard InChI is InChI=1S/C21H17Cl2N3O4/c1-29-17-10-16(26-21(28)13-8-14(22)19(23)24-11-13)18(30-2)9-15(17)25-20(27)12-6-4-3-5-7-12/h3-11H,1-2H3,(H,25,27)(H,26,28). The van der Waals surface area contributed by atoms with Crippen molar-refractivity contribution in [2.45, 2.75) is 0 Å². The molecule has 0 spiro atoms. The Morgan fingerprint density at radius 1 is 0.833 bits per heavy atom. The summed E-state index contributed by atoms with van der Waals surface area (Å²) in [6.45, 7) is 0. The van der Waals surface area contributed by atoms with Gasteiger partial charge in [0.25, 0.3) is 11.8 Å². The van der Waals surface area contributed by atoms with Crippen LogP contribution in [0.1, 0.15) is 20.7 Å². The molecule has 0 fully saturated rings. The number of hydrogen-bond donors (Lipinski definition) is 2. The number of nitrogens with one attached hydrogen (secondary N) is 2. The van der Waals surface area contributed by atoms with Crippen LogP contribution in [0.25, 0.3) is 0 Å². The number of hydrogen-bond acceptors (Lipinski definition) is 5. The quantitative estimate of drug-likeness (QED) is 0.526. The maximum Gasteiger partial charge on any atom is 0.257 e. The highest BCUT2D eigenvalue weighted by molar-refractivity contribution is 6.41. The number of halogens is 2. The molecule has 0 aliphatic heterocycles. The summed E-state index contributed by atoms with van der Waals surface area (Å²) >= 11 is 11.7. The van der Waals surface area contributed by atoms with E-state index < -0.39 is 5.91 Å². The lowest BCUT2D eigenvalue weighted by Gasteiger charge is -2.16. The second-order valence-corrected chi connectivity index (χ2v) is 6.79. The number of carbonyl (C=O) groups excluding carboxylic acids is 2. The van der Waals surface area contributed by atoms with Crippen LogP contribution in [-0.2, 0) is 0 Å². The van der Waals surface area contributed by atoms with E-state index in [1.54, 1.807) is 36.4 Å². The Bertz CT molecular complexity index is 1090. The van der Waals surface area contributed by atoms with Crippen molar-refractivity contribution in [2.75, 3.05) is 24.9 Å². The van der Waals surface area contributed by atoms with Gasteiger partial charge in [0.1, 0.15) is 16.7 Å². The van der Waals surface area contributed by atoms with E-state index in [0.717, 1.165) is 0 Å². The fourth-order valence-corrected chi connectivity index (χ4v) is 2.89. The van der Waals surface area contributed by atoms with Crippen LogP contribution in [0.5, 0.6) is 11.5 Å². The second kappa shape index (κ2) is 9.47. The molecule has 1 heterocycles. The molecule has 2 N–H and O–H groups in total. The normalized spacial score (nSPS) is 10.3. The molecule has 2 amide bonds. The summed E-state index contributed by atoms with van der Waals surface area (Å²) < 4.78 is 10.7. The maximum absolute atomic E-state index is 12.6. The Hall–Kier alpha value is -3.29. The van der Waals surface area contributed by atoms with Gasteiger partial charge in [0.05, 0.1) is 36.2 Å². The van der Waals surface area contributed by atoms with Gasteiger partial charge in [0.2, 0.25) is 0 Å². The molecule has 1 aromatic heterocycles. The second-order valence-electron chi connectivity index (χ2n) is 6.02. The third-order valence-electron chi connectivity index (χ3n) is 4.11. The zero-order chi connectivity index (χ0) is 21.7. The first-order valence-electron chi connectivity index (χ1n) is 8.67. The molecule has 30 heavy (non-hydrogen) atoms. The van der Waals surface area contributed by atoms with Crippen molar-refractivity contribution in [3.8, 4) is 11.5 Å². The third kappa shape index (κ3) is 4.82. The molecule has 7 nitrogen and oxygen atoms in total. The van der Waals surface area contributed by atoms with Gasteiger partial charge in [0, 0.05) is 23.9 Å². The SMILES string of the molecule is COc1cc(NC(=O)c2cnc(Cl)c(Cl)c2)c(OC)cc1NC(=O)c1ccccc1. The number of pyridine rings is 1. The van der Waals surface area contributed by atoms with E-state index >= 15 is 0 Å². The van der Waals surface area contributed by atoms with Gasteiger partial charge in [-0.1, -0.05) is 41.4 Å². The van der Waals surface area contributed by atoms with E-state index in [-0.39, 0.29) is 21.6 Å². The number of amides is 2. The number of aromatic nitrogens is 1. The first-order valence-corrected chi connectivity index (χ1v) is 9.43. The highest BCUT2D eigenvalue weighted by Crippen LogP contribution is 2.37. The smallest absolute Gasteiger partial charge is 0.257 e. The Morgan fingerprint density at radius 2 is 1.37 bits per heavy atom. The molecule has 3 aromatic rings. The molecule has 9 heteroatoms. The Labute approximate surface area is 182 Å². The van der Waals surface area contributed by atoms with Crippen LogP contribution in [0.4, 0.5) is 11.4 Å². The first kappa shape index (κ1) is 21.4. The van der Waals surface area contributed by atoms with Gasteiger partial charge >= 0.3 is 0 Å². The number of rotatable bonds is 6. The van der Waals surface area contributed by atoms with Gasteiger partial charge in [0.15, 0.2) is 0 Å². The highest BCUT2D eigenvalue weighted by atomic mass is 35.5. The van der Waals surface area contributed by atoms with Crippen molar-refractivity contribution >= 4 is 46.4 Å². The summed E-state index contributed by atoms with van der Waals surface area (Å²) in [6.07, 6.45) is 1.31. The molecule has 0 unspecified atom stereocenters. The molecular weight excluding hydrogens is 429 g/mol. The van der Waals surface area contributed by atoms with Crippen molar-refractivity contribution in [1.82, 2.24) is 4.98 Å². The van der Waals surface area contributed by atoms with Crippen LogP contribution in [-0.4, -0.2) is 31.0 Å². The zero-order valence-electron chi connectivity index (χ0n) is 16.0. The molecule has 0 saturated heterocycles. The number of methoxy groups -OCH3 is 2. The van der Waals surface area contributed by atoms with E-state index in [2.05, 4.69) is 15.6 Å². The van der Waals surface area contributed by atoms with Crippen molar-refractivity contribution in [3.05, 3.63) is 76.0 Å². The zero-order valence-corrected chi connectivity index (χ0v) is 17.5. The predicted molar refractivity (Wildman–Crippen MR) is 116 cm³/mol. The van der Waals surface area contributed by atoms with Gasteiger partial charge in [-0.3, -0.25) is 9.59 Å². The summed E-state index contributed by atoms with van der Waals surface area (Å²) in [4.78, 5) is 28.9. The summed E-state index contributed by atoms with van der Waals surface area (Å²) in [5, 5.41) is 5.76. The minimum absolute atomic E-state index is 0.103. The Kier molecular flexibility index (Phi) is 6.76. The number of nitrogens with zero attached hydrogens (tertiary/aromatic N) is 1. The lowest BCUT2D eigenvalue weighted by Crippen LogP contribution is -2.15. The lowest BCUT2D eigenvalue weighted by molar-refractivity contribution is 0.101. The number of benzene rings is 2. The van der Waals surface area contributed by atoms with Crippen molar-refractivity contribution in [2.24, 2.45) is 0 Å². The van der Waals surface area contributed by atoms with Crippen molar-refractivity contribution < 1.29 is 19.1 Å². The van der Waals surface area contributed by atoms with Crippen molar-refractivity contribution in [1.29, 1.82) is 0 Å². The minimum Gasteiger partial charge on any atom is -0.494 e. The molecule has 0 aliphatic rings. The van der Waals surface area contributed by atoms with Crippen LogP contribution >= 0.6 is 23.2 Å². The molecule has 0 bridgehead atoms. The number of carbonyl (C=O) groups is 2. The molecule has 2 aromatic carbocycles. The molecular formula is C21H17Cl2N3O4. The maximum atomic E-state index is 12.6. The first-order chi connectivity index (χ1) is 14.4. The molecule has 0 saturated carbocycles. The van der Waals surface area contributed by atoms with Crippen LogP contribution in [0.2, 0.25) is 10.2 Å². The topological polar surface area (TPSA) is 89.6 Å². The fourth-order valence-electron chi connectivity index (χ4n) is 2.62. The van der Waals surface area contributed by atoms with Gasteiger partial charge in [-0.15, -0.1) is 0 Å². The fraction of sp³-hybridized carbons (Fsp3) is 0.0952. The van der Waals surface area contributed by atoms with Gasteiger partial charge in [-0.25, -0.2) is 4.98 Å². The predicted octanol–water partition coefficient (Wildman–Crippen LogP) is 4.91. The summed E-state index contributed by atoms with van der Waals surface area (Å²) in [5.74, 6) is -0.125. The monoisotopic (exact) mass is 445 g/mol. The Morgan fingerprint density at radius 3 is 1.87 bits per heavy atom. The summed E-state index contributed by atoms with van der Waals surface area (Å²) in [6, 6.07) is 13.3. The number of anilines is 2. The van der Waals surface area contributed by atoms with Crippen molar-refractivity contribution in [3.63, 3.8) is 0 Å². The molecule has 154 valence electrons. The van der Waals surface area contributed by atoms with E-state index in [0.29, 0.717) is 28.4 Å². The summed E-state index contributed by atoms with van der Waals surface area (Å²) in [5.41, 5.74) is 1.43. The van der Waals surface area contributed by atoms with Crippen LogP contribution < -0.4 is 20.1 Å². The van der Waals surface area contributed by atoms with Gasteiger partial charge in [-0.2, -0.15) is 0 Å². The molecule has 0 radical (unpaired) electrons. The van der Waals surface area contributed by atoms with Gasteiger partial charge in [-0.05, 0) is 18.2 Å². The van der Waals surface area contributed by atoms with Crippen LogP contribution in [0.15, 0.2) is 54.7 Å². The molecule has 3 rings (SSSR count). The van der Waals surface area contributed by atoms with Crippen LogP contribution in [0, 0.1) is 0 Å².